The molecule has 6 heteroatoms. The zero-order valence-electron chi connectivity index (χ0n) is 14.3. The maximum absolute atomic E-state index is 12.1. The number of nitrogens with zero attached hydrogens (tertiary/aromatic N) is 1. The summed E-state index contributed by atoms with van der Waals surface area (Å²) in [5, 5.41) is 3.35. The van der Waals surface area contributed by atoms with Gasteiger partial charge in [0.15, 0.2) is 0 Å². The Morgan fingerprint density at radius 2 is 1.88 bits per heavy atom. The monoisotopic (exact) mass is 360 g/mol. The van der Waals surface area contributed by atoms with Gasteiger partial charge in [-0.1, -0.05) is 17.7 Å². The van der Waals surface area contributed by atoms with Crippen LogP contribution in [0, 0.1) is 0 Å². The molecule has 0 unspecified atom stereocenters. The second kappa shape index (κ2) is 9.08. The molecule has 0 aromatic heterocycles. The van der Waals surface area contributed by atoms with Crippen LogP contribution in [0.1, 0.15) is 20.3 Å². The van der Waals surface area contributed by atoms with Crippen LogP contribution in [0.5, 0.6) is 5.75 Å². The molecule has 0 heterocycles. The van der Waals surface area contributed by atoms with Crippen LogP contribution in [0.3, 0.4) is 0 Å². The van der Waals surface area contributed by atoms with Crippen molar-refractivity contribution in [3.05, 3.63) is 53.6 Å². The second-order valence-electron chi connectivity index (χ2n) is 5.41. The summed E-state index contributed by atoms with van der Waals surface area (Å²) in [5.74, 6) is 0.442. The van der Waals surface area contributed by atoms with Gasteiger partial charge in [-0.2, -0.15) is 0 Å². The van der Waals surface area contributed by atoms with Gasteiger partial charge in [0.05, 0.1) is 6.61 Å². The van der Waals surface area contributed by atoms with Crippen molar-refractivity contribution < 1.29 is 14.3 Å². The number of halogens is 1. The smallest absolute Gasteiger partial charge is 0.226 e. The van der Waals surface area contributed by atoms with E-state index in [4.69, 9.17) is 16.3 Å². The Labute approximate surface area is 152 Å². The number of carbonyl (C=O) groups is 2. The number of nitrogens with one attached hydrogen (secondary N) is 1. The fourth-order valence-corrected chi connectivity index (χ4v) is 2.53. The second-order valence-corrected chi connectivity index (χ2v) is 5.84. The Morgan fingerprint density at radius 3 is 2.48 bits per heavy atom. The molecule has 2 rings (SSSR count). The van der Waals surface area contributed by atoms with Crippen molar-refractivity contribution in [1.29, 1.82) is 0 Å². The van der Waals surface area contributed by atoms with Crippen LogP contribution in [0.15, 0.2) is 48.5 Å². The topological polar surface area (TPSA) is 58.6 Å². The fourth-order valence-electron chi connectivity index (χ4n) is 2.35. The van der Waals surface area contributed by atoms with E-state index < -0.39 is 0 Å². The average Bonchev–Trinajstić information content (AvgIpc) is 2.57. The molecule has 0 aliphatic carbocycles. The number of amides is 2. The number of ether oxygens (including phenoxy) is 1. The van der Waals surface area contributed by atoms with E-state index in [0.717, 1.165) is 5.75 Å². The lowest BCUT2D eigenvalue weighted by atomic mass is 10.2. The summed E-state index contributed by atoms with van der Waals surface area (Å²) in [6, 6.07) is 14.2. The molecule has 0 radical (unpaired) electrons. The summed E-state index contributed by atoms with van der Waals surface area (Å²) in [7, 11) is 0. The minimum atomic E-state index is -0.169. The molecule has 0 aliphatic rings. The number of anilines is 2. The van der Waals surface area contributed by atoms with Crippen LogP contribution in [0.4, 0.5) is 11.4 Å². The highest BCUT2D eigenvalue weighted by Crippen LogP contribution is 2.20. The van der Waals surface area contributed by atoms with Crippen molar-refractivity contribution >= 4 is 34.8 Å². The van der Waals surface area contributed by atoms with E-state index in [2.05, 4.69) is 5.32 Å². The minimum absolute atomic E-state index is 0.142. The largest absolute Gasteiger partial charge is 0.494 e. The first kappa shape index (κ1) is 18.8. The summed E-state index contributed by atoms with van der Waals surface area (Å²) in [6.45, 7) is 4.25. The van der Waals surface area contributed by atoms with Gasteiger partial charge in [0.2, 0.25) is 11.8 Å². The van der Waals surface area contributed by atoms with Crippen LogP contribution >= 0.6 is 11.6 Å². The Morgan fingerprint density at radius 1 is 1.16 bits per heavy atom. The van der Waals surface area contributed by atoms with E-state index in [1.54, 1.807) is 48.5 Å². The van der Waals surface area contributed by atoms with Crippen LogP contribution in [0.2, 0.25) is 5.02 Å². The molecule has 2 aromatic carbocycles. The molecule has 2 amide bonds. The van der Waals surface area contributed by atoms with Crippen LogP contribution < -0.4 is 15.0 Å². The van der Waals surface area contributed by atoms with Gasteiger partial charge >= 0.3 is 0 Å². The zero-order chi connectivity index (χ0) is 18.2. The van der Waals surface area contributed by atoms with Gasteiger partial charge in [-0.3, -0.25) is 9.59 Å². The third-order valence-electron chi connectivity index (χ3n) is 3.51. The molecule has 1 N–H and O–H groups in total. The van der Waals surface area contributed by atoms with Crippen molar-refractivity contribution in [2.24, 2.45) is 0 Å². The molecule has 0 atom stereocenters. The highest BCUT2D eigenvalue weighted by Gasteiger charge is 2.14. The lowest BCUT2D eigenvalue weighted by Crippen LogP contribution is -2.31. The van der Waals surface area contributed by atoms with Crippen LogP contribution in [0.25, 0.3) is 0 Å². The molecule has 2 aromatic rings. The van der Waals surface area contributed by atoms with Crippen molar-refractivity contribution in [3.63, 3.8) is 0 Å². The van der Waals surface area contributed by atoms with Crippen molar-refractivity contribution in [2.75, 3.05) is 23.4 Å². The Kier molecular flexibility index (Phi) is 6.83. The molecule has 0 aliphatic heterocycles. The van der Waals surface area contributed by atoms with Gasteiger partial charge in [0, 0.05) is 36.3 Å². The molecule has 0 fully saturated rings. The Balaban J connectivity index is 1.93. The third kappa shape index (κ3) is 5.80. The van der Waals surface area contributed by atoms with Gasteiger partial charge in [-0.15, -0.1) is 0 Å². The van der Waals surface area contributed by atoms with Gasteiger partial charge < -0.3 is 15.0 Å². The summed E-state index contributed by atoms with van der Waals surface area (Å²) < 4.78 is 5.36. The molecule has 0 saturated heterocycles. The van der Waals surface area contributed by atoms with Gasteiger partial charge in [-0.05, 0) is 49.4 Å². The van der Waals surface area contributed by atoms with Crippen molar-refractivity contribution in [2.45, 2.75) is 20.3 Å². The Hall–Kier alpha value is -2.53. The zero-order valence-corrected chi connectivity index (χ0v) is 15.0. The number of rotatable bonds is 7. The molecular weight excluding hydrogens is 340 g/mol. The molecule has 0 spiro atoms. The predicted octanol–water partition coefficient (Wildman–Crippen LogP) is 4.12. The standard InChI is InChI=1S/C19H21ClN2O3/c1-3-25-18-9-7-16(8-10-18)21-19(24)11-12-22(14(2)23)17-6-4-5-15(20)13-17/h4-10,13H,3,11-12H2,1-2H3,(H,21,24). The fraction of sp³-hybridized carbons (Fsp3) is 0.263. The van der Waals surface area contributed by atoms with Crippen LogP contribution in [-0.2, 0) is 9.59 Å². The highest BCUT2D eigenvalue weighted by atomic mass is 35.5. The third-order valence-corrected chi connectivity index (χ3v) is 3.75. The molecule has 0 saturated carbocycles. The number of benzene rings is 2. The van der Waals surface area contributed by atoms with E-state index >= 15 is 0 Å². The molecular formula is C19H21ClN2O3. The first-order chi connectivity index (χ1) is 12.0. The number of hydrogen-bond donors (Lipinski definition) is 1. The molecule has 5 nitrogen and oxygen atoms in total. The summed E-state index contributed by atoms with van der Waals surface area (Å²) in [5.41, 5.74) is 1.36. The lowest BCUT2D eigenvalue weighted by Gasteiger charge is -2.21. The molecule has 0 bridgehead atoms. The summed E-state index contributed by atoms with van der Waals surface area (Å²) in [4.78, 5) is 25.5. The number of carbonyl (C=O) groups excluding carboxylic acids is 2. The molecule has 25 heavy (non-hydrogen) atoms. The van der Waals surface area contributed by atoms with Crippen molar-refractivity contribution in [3.8, 4) is 5.75 Å². The SMILES string of the molecule is CCOc1ccc(NC(=O)CCN(C(C)=O)c2cccc(Cl)c2)cc1. The quantitative estimate of drug-likeness (QED) is 0.808. The number of hydrogen-bond acceptors (Lipinski definition) is 3. The first-order valence-corrected chi connectivity index (χ1v) is 8.43. The van der Waals surface area contributed by atoms with E-state index in [1.165, 1.54) is 11.8 Å². The maximum Gasteiger partial charge on any atom is 0.226 e. The van der Waals surface area contributed by atoms with E-state index in [1.807, 2.05) is 6.92 Å². The van der Waals surface area contributed by atoms with Gasteiger partial charge in [0.1, 0.15) is 5.75 Å². The molecule has 132 valence electrons. The summed E-state index contributed by atoms with van der Waals surface area (Å²) in [6.07, 6.45) is 0.180. The maximum atomic E-state index is 12.1. The van der Waals surface area contributed by atoms with Crippen LogP contribution in [-0.4, -0.2) is 25.0 Å². The average molecular weight is 361 g/mol. The van der Waals surface area contributed by atoms with E-state index in [9.17, 15) is 9.59 Å². The predicted molar refractivity (Wildman–Crippen MR) is 100 cm³/mol. The highest BCUT2D eigenvalue weighted by molar-refractivity contribution is 6.30. The van der Waals surface area contributed by atoms with Gasteiger partial charge in [0.25, 0.3) is 0 Å². The normalized spacial score (nSPS) is 10.2. The first-order valence-electron chi connectivity index (χ1n) is 8.06. The minimum Gasteiger partial charge on any atom is -0.494 e. The van der Waals surface area contributed by atoms with Crippen molar-refractivity contribution in [1.82, 2.24) is 0 Å². The van der Waals surface area contributed by atoms with Gasteiger partial charge in [-0.25, -0.2) is 0 Å². The van der Waals surface area contributed by atoms with E-state index in [0.29, 0.717) is 23.0 Å². The Bertz CT molecular complexity index is 732. The van der Waals surface area contributed by atoms with E-state index in [-0.39, 0.29) is 24.8 Å². The summed E-state index contributed by atoms with van der Waals surface area (Å²) >= 11 is 5.97. The lowest BCUT2D eigenvalue weighted by molar-refractivity contribution is -0.117.